The second kappa shape index (κ2) is 8.90. The van der Waals surface area contributed by atoms with Gasteiger partial charge in [0.25, 0.3) is 0 Å². The van der Waals surface area contributed by atoms with E-state index in [1.54, 1.807) is 0 Å². The maximum absolute atomic E-state index is 12.7. The number of nitrogens with zero attached hydrogens (tertiary/aromatic N) is 1. The van der Waals surface area contributed by atoms with Crippen molar-refractivity contribution < 1.29 is 4.79 Å². The summed E-state index contributed by atoms with van der Waals surface area (Å²) in [7, 11) is 2.07. The minimum atomic E-state index is 0.0582. The van der Waals surface area contributed by atoms with Crippen molar-refractivity contribution in [3.05, 3.63) is 71.4 Å². The topological polar surface area (TPSA) is 34.0 Å². The molecule has 3 rings (SSSR count). The number of aromatic nitrogens is 1. The Labute approximate surface area is 162 Å². The molecule has 0 bridgehead atoms. The summed E-state index contributed by atoms with van der Waals surface area (Å²) >= 11 is 0. The number of rotatable bonds is 8. The van der Waals surface area contributed by atoms with Gasteiger partial charge >= 0.3 is 0 Å². The third-order valence-electron chi connectivity index (χ3n) is 5.27. The average Bonchev–Trinajstić information content (AvgIpc) is 3.01. The Morgan fingerprint density at radius 3 is 2.56 bits per heavy atom. The first kappa shape index (κ1) is 19.2. The van der Waals surface area contributed by atoms with E-state index in [9.17, 15) is 4.79 Å². The average molecular weight is 363 g/mol. The van der Waals surface area contributed by atoms with Crippen LogP contribution in [0, 0.1) is 6.92 Å². The van der Waals surface area contributed by atoms with E-state index in [-0.39, 0.29) is 11.8 Å². The van der Waals surface area contributed by atoms with E-state index in [1.807, 2.05) is 0 Å². The molecule has 142 valence electrons. The number of nitrogens with one attached hydrogen (secondary N) is 1. The molecular weight excluding hydrogens is 332 g/mol. The maximum Gasteiger partial charge on any atom is 0.220 e. The second-order valence-corrected chi connectivity index (χ2v) is 7.44. The van der Waals surface area contributed by atoms with Gasteiger partial charge in [-0.1, -0.05) is 67.8 Å². The lowest BCUT2D eigenvalue weighted by molar-refractivity contribution is -0.121. The Morgan fingerprint density at radius 1 is 1.07 bits per heavy atom. The summed E-state index contributed by atoms with van der Waals surface area (Å²) < 4.78 is 2.16. The van der Waals surface area contributed by atoms with Gasteiger partial charge in [0, 0.05) is 43.0 Å². The number of hydrogen-bond donors (Lipinski definition) is 1. The molecule has 27 heavy (non-hydrogen) atoms. The summed E-state index contributed by atoms with van der Waals surface area (Å²) in [6, 6.07) is 17.0. The van der Waals surface area contributed by atoms with Crippen LogP contribution < -0.4 is 5.32 Å². The van der Waals surface area contributed by atoms with Crippen LogP contribution in [0.5, 0.6) is 0 Å². The number of unbranched alkanes of at least 4 members (excludes halogenated alkanes) is 2. The lowest BCUT2D eigenvalue weighted by Crippen LogP contribution is -2.26. The summed E-state index contributed by atoms with van der Waals surface area (Å²) in [5.41, 5.74) is 4.86. The molecule has 0 radical (unpaired) electrons. The van der Waals surface area contributed by atoms with Crippen molar-refractivity contribution in [1.29, 1.82) is 0 Å². The molecule has 0 aliphatic carbocycles. The quantitative estimate of drug-likeness (QED) is 0.541. The molecule has 0 saturated heterocycles. The monoisotopic (exact) mass is 362 g/mol. The summed E-state index contributed by atoms with van der Waals surface area (Å²) in [5.74, 6) is 0.187. The molecule has 3 nitrogen and oxygen atoms in total. The molecule has 0 fully saturated rings. The van der Waals surface area contributed by atoms with Crippen molar-refractivity contribution in [2.75, 3.05) is 6.54 Å². The van der Waals surface area contributed by atoms with Gasteiger partial charge in [0.1, 0.15) is 0 Å². The number of fused-ring (bicyclic) bond motifs is 1. The lowest BCUT2D eigenvalue weighted by atomic mass is 9.87. The minimum absolute atomic E-state index is 0.0582. The highest BCUT2D eigenvalue weighted by Gasteiger charge is 2.22. The summed E-state index contributed by atoms with van der Waals surface area (Å²) in [6.07, 6.45) is 6.03. The fourth-order valence-corrected chi connectivity index (χ4v) is 3.72. The standard InChI is InChI=1S/C24H30N2O/c1-4-5-8-15-25-24(27)16-21(19-13-11-18(2)12-14-19)22-17-26(3)23-10-7-6-9-20(22)23/h6-7,9-14,17,21H,4-5,8,15-16H2,1-3H3,(H,25,27)/t21-/m0/s1. The summed E-state index contributed by atoms with van der Waals surface area (Å²) in [4.78, 5) is 12.7. The van der Waals surface area contributed by atoms with E-state index < -0.39 is 0 Å². The maximum atomic E-state index is 12.7. The highest BCUT2D eigenvalue weighted by molar-refractivity contribution is 5.86. The van der Waals surface area contributed by atoms with Crippen molar-refractivity contribution in [3.63, 3.8) is 0 Å². The van der Waals surface area contributed by atoms with Crippen LogP contribution in [-0.2, 0) is 11.8 Å². The highest BCUT2D eigenvalue weighted by Crippen LogP contribution is 2.34. The van der Waals surface area contributed by atoms with Crippen molar-refractivity contribution >= 4 is 16.8 Å². The third-order valence-corrected chi connectivity index (χ3v) is 5.27. The van der Waals surface area contributed by atoms with Crippen LogP contribution in [-0.4, -0.2) is 17.0 Å². The number of amides is 1. The van der Waals surface area contributed by atoms with Crippen molar-refractivity contribution in [2.45, 2.75) is 45.4 Å². The molecule has 1 amide bonds. The fraction of sp³-hybridized carbons (Fsp3) is 0.375. The van der Waals surface area contributed by atoms with Gasteiger partial charge in [-0.25, -0.2) is 0 Å². The van der Waals surface area contributed by atoms with Gasteiger partial charge in [-0.3, -0.25) is 4.79 Å². The molecule has 0 unspecified atom stereocenters. The molecule has 1 atom stereocenters. The fourth-order valence-electron chi connectivity index (χ4n) is 3.72. The van der Waals surface area contributed by atoms with Gasteiger partial charge in [0.05, 0.1) is 0 Å². The number of hydrogen-bond acceptors (Lipinski definition) is 1. The number of carbonyl (C=O) groups is 1. The largest absolute Gasteiger partial charge is 0.356 e. The molecular formula is C24H30N2O. The second-order valence-electron chi connectivity index (χ2n) is 7.44. The van der Waals surface area contributed by atoms with Crippen LogP contribution >= 0.6 is 0 Å². The van der Waals surface area contributed by atoms with E-state index in [0.717, 1.165) is 25.8 Å². The molecule has 1 aromatic heterocycles. The minimum Gasteiger partial charge on any atom is -0.356 e. The summed E-state index contributed by atoms with van der Waals surface area (Å²) in [5, 5.41) is 4.33. The first-order valence-corrected chi connectivity index (χ1v) is 9.97. The van der Waals surface area contributed by atoms with Gasteiger partial charge in [-0.2, -0.15) is 0 Å². The molecule has 1 N–H and O–H groups in total. The Balaban J connectivity index is 1.90. The molecule has 0 aliphatic rings. The van der Waals surface area contributed by atoms with Crippen LogP contribution in [0.4, 0.5) is 0 Å². The van der Waals surface area contributed by atoms with Gasteiger partial charge in [0.2, 0.25) is 5.91 Å². The molecule has 3 heteroatoms. The number of para-hydroxylation sites is 1. The number of aryl methyl sites for hydroxylation is 2. The van der Waals surface area contributed by atoms with Crippen molar-refractivity contribution in [3.8, 4) is 0 Å². The van der Waals surface area contributed by atoms with Crippen molar-refractivity contribution in [2.24, 2.45) is 7.05 Å². The van der Waals surface area contributed by atoms with Gasteiger partial charge in [-0.05, 0) is 30.5 Å². The van der Waals surface area contributed by atoms with E-state index in [4.69, 9.17) is 0 Å². The molecule has 3 aromatic rings. The molecule has 2 aromatic carbocycles. The van der Waals surface area contributed by atoms with Gasteiger partial charge in [0.15, 0.2) is 0 Å². The zero-order valence-corrected chi connectivity index (χ0v) is 16.7. The zero-order chi connectivity index (χ0) is 19.2. The Kier molecular flexibility index (Phi) is 6.33. The van der Waals surface area contributed by atoms with E-state index in [2.05, 4.69) is 85.5 Å². The first-order chi connectivity index (χ1) is 13.1. The van der Waals surface area contributed by atoms with Crippen LogP contribution in [0.1, 0.15) is 55.2 Å². The highest BCUT2D eigenvalue weighted by atomic mass is 16.1. The molecule has 0 saturated carbocycles. The smallest absolute Gasteiger partial charge is 0.220 e. The van der Waals surface area contributed by atoms with Crippen LogP contribution in [0.3, 0.4) is 0 Å². The van der Waals surface area contributed by atoms with E-state index >= 15 is 0 Å². The normalized spacial score (nSPS) is 12.3. The predicted octanol–water partition coefficient (Wildman–Crippen LogP) is 5.32. The van der Waals surface area contributed by atoms with E-state index in [1.165, 1.54) is 27.6 Å². The SMILES string of the molecule is CCCCCNC(=O)C[C@@H](c1ccc(C)cc1)c1cn(C)c2ccccc12. The van der Waals surface area contributed by atoms with Gasteiger partial charge in [-0.15, -0.1) is 0 Å². The third kappa shape index (κ3) is 4.60. The van der Waals surface area contributed by atoms with E-state index in [0.29, 0.717) is 6.42 Å². The Bertz CT molecular complexity index is 892. The first-order valence-electron chi connectivity index (χ1n) is 9.97. The van der Waals surface area contributed by atoms with Crippen LogP contribution in [0.2, 0.25) is 0 Å². The Hall–Kier alpha value is -2.55. The lowest BCUT2D eigenvalue weighted by Gasteiger charge is -2.17. The van der Waals surface area contributed by atoms with Gasteiger partial charge < -0.3 is 9.88 Å². The summed E-state index contributed by atoms with van der Waals surface area (Å²) in [6.45, 7) is 5.04. The van der Waals surface area contributed by atoms with Crippen LogP contribution in [0.25, 0.3) is 10.9 Å². The molecule has 0 spiro atoms. The van der Waals surface area contributed by atoms with Crippen molar-refractivity contribution in [1.82, 2.24) is 9.88 Å². The Morgan fingerprint density at radius 2 is 1.81 bits per heavy atom. The zero-order valence-electron chi connectivity index (χ0n) is 16.7. The number of carbonyl (C=O) groups excluding carboxylic acids is 1. The number of benzene rings is 2. The predicted molar refractivity (Wildman–Crippen MR) is 113 cm³/mol. The molecule has 0 aliphatic heterocycles. The van der Waals surface area contributed by atoms with Crippen LogP contribution in [0.15, 0.2) is 54.7 Å². The molecule has 1 heterocycles.